The van der Waals surface area contributed by atoms with Crippen LogP contribution in [0.4, 0.5) is 0 Å². The first kappa shape index (κ1) is 59.7. The van der Waals surface area contributed by atoms with Gasteiger partial charge in [0.1, 0.15) is 11.0 Å². The van der Waals surface area contributed by atoms with Gasteiger partial charge in [-0.3, -0.25) is 0 Å². The number of aromatic nitrogens is 2. The van der Waals surface area contributed by atoms with Crippen LogP contribution in [0, 0.1) is 0 Å². The maximum Gasteiger partial charge on any atom is 0.218 e. The summed E-state index contributed by atoms with van der Waals surface area (Å²) in [5.41, 5.74) is 17.6. The van der Waals surface area contributed by atoms with Gasteiger partial charge < -0.3 is 0 Å². The minimum Gasteiger partial charge on any atom is -0.172 e. The van der Waals surface area contributed by atoms with Gasteiger partial charge in [0, 0.05) is 40.9 Å². The highest BCUT2D eigenvalue weighted by Gasteiger charge is 2.43. The Morgan fingerprint density at radius 3 is 1.54 bits per heavy atom. The van der Waals surface area contributed by atoms with Crippen molar-refractivity contribution in [2.24, 2.45) is 0 Å². The molecular formula is C73H89BN2S5. The number of fused-ring (bicyclic) bond motifs is 4. The Balaban J connectivity index is 0.907. The van der Waals surface area contributed by atoms with E-state index in [2.05, 4.69) is 148 Å². The highest BCUT2D eigenvalue weighted by atomic mass is 32.1. The second-order valence-electron chi connectivity index (χ2n) is 23.6. The van der Waals surface area contributed by atoms with E-state index >= 15 is 0 Å². The van der Waals surface area contributed by atoms with Crippen molar-refractivity contribution in [3.8, 4) is 63.3 Å². The molecule has 0 unspecified atom stereocenters. The number of thiophene rings is 4. The standard InChI is InChI=1S/C73H89BN2S5/c1-5-9-13-17-19-21-23-30-46-73(47-31-24-22-20-18-14-10-6-2)62-49-55(54-33-28-25-29-34-54)36-38-58(62)59-39-37-56(50-63(59)73)64-42-43-65(78-64)60-40-41-61(71-70(60)75-81-76-71)66-44-45-69(79-66)74-72-57(35-27-16-12-8-4)51-68(80-72)67-48-53(52-77-67)32-26-15-11-7-3/h25,28-29,33-34,36-45,48-52,74H,5-24,26-27,30-32,35,46-47H2,1-4H3. The summed E-state index contributed by atoms with van der Waals surface area (Å²) >= 11 is 9.19. The number of benzene rings is 4. The topological polar surface area (TPSA) is 25.8 Å². The largest absolute Gasteiger partial charge is 0.218 e. The Morgan fingerprint density at radius 2 is 0.914 bits per heavy atom. The molecule has 424 valence electrons. The van der Waals surface area contributed by atoms with Gasteiger partial charge in [-0.25, -0.2) is 0 Å². The summed E-state index contributed by atoms with van der Waals surface area (Å²) < 4.78 is 13.0. The number of unbranched alkanes of at least 4 members (excludes halogenated alkanes) is 20. The predicted octanol–water partition coefficient (Wildman–Crippen LogP) is 23.2. The van der Waals surface area contributed by atoms with Gasteiger partial charge in [0.2, 0.25) is 7.28 Å². The van der Waals surface area contributed by atoms with E-state index in [0.717, 1.165) is 18.3 Å². The van der Waals surface area contributed by atoms with Crippen LogP contribution in [0.1, 0.15) is 217 Å². The van der Waals surface area contributed by atoms with Crippen LogP contribution in [0.3, 0.4) is 0 Å². The summed E-state index contributed by atoms with van der Waals surface area (Å²) in [5.74, 6) is 0. The van der Waals surface area contributed by atoms with Gasteiger partial charge in [-0.05, 0) is 146 Å². The maximum absolute atomic E-state index is 5.03. The normalized spacial score (nSPS) is 12.7. The Bertz CT molecular complexity index is 3330. The van der Waals surface area contributed by atoms with Crippen LogP contribution in [0.5, 0.6) is 0 Å². The summed E-state index contributed by atoms with van der Waals surface area (Å²) in [4.78, 5) is 6.77. The molecule has 10 rings (SSSR count). The van der Waals surface area contributed by atoms with Crippen LogP contribution in [0.15, 0.2) is 121 Å². The first-order chi connectivity index (χ1) is 40.0. The van der Waals surface area contributed by atoms with E-state index in [4.69, 9.17) is 8.75 Å². The monoisotopic (exact) mass is 1160 g/mol. The van der Waals surface area contributed by atoms with Crippen molar-refractivity contribution in [1.82, 2.24) is 8.75 Å². The zero-order valence-corrected chi connectivity index (χ0v) is 53.6. The van der Waals surface area contributed by atoms with Crippen molar-refractivity contribution in [2.45, 2.75) is 213 Å². The van der Waals surface area contributed by atoms with E-state index in [1.165, 1.54) is 265 Å². The lowest BCUT2D eigenvalue weighted by atomic mass is 9.70. The fraction of sp³-hybridized carbons (Fsp3) is 0.452. The lowest BCUT2D eigenvalue weighted by Crippen LogP contribution is -2.25. The molecular weight excluding hydrogens is 1080 g/mol. The second kappa shape index (κ2) is 30.4. The van der Waals surface area contributed by atoms with Crippen LogP contribution in [0.25, 0.3) is 74.4 Å². The van der Waals surface area contributed by atoms with E-state index in [-0.39, 0.29) is 5.41 Å². The molecule has 0 saturated carbocycles. The Labute approximate surface area is 508 Å². The maximum atomic E-state index is 5.03. The molecule has 0 amide bonds. The SMILES string of the molecule is CCCCCCCCCCC1(CCCCCCCCCC)c2cc(-c3ccccc3)ccc2-c2ccc(-c3ccc(-c4ccc(-c5ccc(Bc6sc(-c7cc(CCCCCC)cs7)cc6CCCCCC)s5)c5nsnc45)s3)cc21. The summed E-state index contributed by atoms with van der Waals surface area (Å²) in [6.45, 7) is 9.27. The number of nitrogens with zero attached hydrogens (tertiary/aromatic N) is 2. The third kappa shape index (κ3) is 14.9. The molecule has 5 aromatic heterocycles. The molecule has 0 bridgehead atoms. The summed E-state index contributed by atoms with van der Waals surface area (Å²) in [6, 6.07) is 45.3. The highest BCUT2D eigenvalue weighted by molar-refractivity contribution is 7.32. The number of rotatable bonds is 35. The van der Waals surface area contributed by atoms with Crippen LogP contribution in [0.2, 0.25) is 0 Å². The molecule has 0 fully saturated rings. The number of hydrogen-bond acceptors (Lipinski definition) is 7. The summed E-state index contributed by atoms with van der Waals surface area (Å²) in [6.07, 6.45) is 36.8. The first-order valence-corrected chi connectivity index (χ1v) is 36.0. The third-order valence-corrected chi connectivity index (χ3v) is 22.8. The number of aryl methyl sites for hydroxylation is 2. The fourth-order valence-electron chi connectivity index (χ4n) is 13.0. The third-order valence-electron chi connectivity index (χ3n) is 17.6. The molecule has 81 heavy (non-hydrogen) atoms. The van der Waals surface area contributed by atoms with E-state index in [9.17, 15) is 0 Å². The van der Waals surface area contributed by atoms with Crippen molar-refractivity contribution in [3.05, 3.63) is 143 Å². The molecule has 1 aliphatic carbocycles. The lowest BCUT2D eigenvalue weighted by Gasteiger charge is -2.33. The Kier molecular flexibility index (Phi) is 22.4. The minimum atomic E-state index is -0.00317. The molecule has 4 aromatic carbocycles. The molecule has 5 heterocycles. The van der Waals surface area contributed by atoms with Crippen molar-refractivity contribution in [3.63, 3.8) is 0 Å². The van der Waals surface area contributed by atoms with Gasteiger partial charge in [-0.2, -0.15) is 20.1 Å². The van der Waals surface area contributed by atoms with Crippen LogP contribution < -0.4 is 9.55 Å². The van der Waals surface area contributed by atoms with E-state index in [1.54, 1.807) is 21.5 Å². The van der Waals surface area contributed by atoms with E-state index < -0.39 is 0 Å². The molecule has 1 aliphatic rings. The van der Waals surface area contributed by atoms with Crippen molar-refractivity contribution < 1.29 is 0 Å². The van der Waals surface area contributed by atoms with Gasteiger partial charge in [0.05, 0.1) is 11.7 Å². The van der Waals surface area contributed by atoms with Crippen LogP contribution in [-0.4, -0.2) is 16.0 Å². The lowest BCUT2D eigenvalue weighted by molar-refractivity contribution is 0.397. The van der Waals surface area contributed by atoms with Gasteiger partial charge >= 0.3 is 0 Å². The van der Waals surface area contributed by atoms with Gasteiger partial charge in [-0.1, -0.05) is 242 Å². The smallest absolute Gasteiger partial charge is 0.172 e. The van der Waals surface area contributed by atoms with E-state index in [0.29, 0.717) is 0 Å². The van der Waals surface area contributed by atoms with Gasteiger partial charge in [-0.15, -0.1) is 34.0 Å². The molecule has 0 saturated heterocycles. The predicted molar refractivity (Wildman–Crippen MR) is 365 cm³/mol. The number of hydrogen-bond donors (Lipinski definition) is 0. The molecule has 0 spiro atoms. The first-order valence-electron chi connectivity index (χ1n) is 32.0. The Morgan fingerprint density at radius 1 is 0.395 bits per heavy atom. The molecule has 8 heteroatoms. The van der Waals surface area contributed by atoms with Gasteiger partial charge in [0.15, 0.2) is 0 Å². The zero-order chi connectivity index (χ0) is 55.6. The average molecular weight is 1170 g/mol. The average Bonchev–Trinajstić information content (AvgIpc) is 4.12. The van der Waals surface area contributed by atoms with E-state index in [1.807, 2.05) is 45.3 Å². The second-order valence-corrected chi connectivity index (χ2v) is 28.5. The highest BCUT2D eigenvalue weighted by Crippen LogP contribution is 2.56. The minimum absolute atomic E-state index is 0.00317. The molecule has 0 N–H and O–H groups in total. The van der Waals surface area contributed by atoms with Crippen molar-refractivity contribution in [2.75, 3.05) is 0 Å². The summed E-state index contributed by atoms with van der Waals surface area (Å²) in [5, 5.41) is 2.42. The van der Waals surface area contributed by atoms with Crippen LogP contribution in [-0.2, 0) is 18.3 Å². The molecule has 0 radical (unpaired) electrons. The Hall–Kier alpha value is -4.44. The van der Waals surface area contributed by atoms with Gasteiger partial charge in [0.25, 0.3) is 0 Å². The summed E-state index contributed by atoms with van der Waals surface area (Å²) in [7, 11) is 0.991. The molecule has 0 aliphatic heterocycles. The molecule has 2 nitrogen and oxygen atoms in total. The fourth-order valence-corrected chi connectivity index (χ4v) is 18.0. The van der Waals surface area contributed by atoms with Crippen LogP contribution >= 0.6 is 57.1 Å². The zero-order valence-electron chi connectivity index (χ0n) is 49.5. The van der Waals surface area contributed by atoms with Crippen molar-refractivity contribution in [1.29, 1.82) is 0 Å². The van der Waals surface area contributed by atoms with Crippen molar-refractivity contribution >= 4 is 84.9 Å². The molecule has 9 aromatic rings. The molecule has 0 atom stereocenters. The quantitative estimate of drug-likeness (QED) is 0.0292.